The molecule has 9 aliphatic rings. The van der Waals surface area contributed by atoms with Gasteiger partial charge in [-0.1, -0.05) is 93.8 Å². The monoisotopic (exact) mass is 731 g/mol. The second-order valence-corrected chi connectivity index (χ2v) is 21.1. The molecule has 0 N–H and O–H groups in total. The molecule has 7 fully saturated rings. The molecular formula is C55H57N. The Morgan fingerprint density at radius 1 is 0.500 bits per heavy atom. The molecule has 1 nitrogen and oxygen atoms in total. The number of nitrogens with zero attached hydrogens (tertiary/aromatic N) is 1. The number of benzene rings is 5. The van der Waals surface area contributed by atoms with Gasteiger partial charge in [0.25, 0.3) is 0 Å². The SMILES string of the molecule is CC1(C)c2cc(N(c3ccc(C4CC5CCC4C5)cc3)c3ccc(C45CC6CC(CC(C6)C4)C5)cc3)ccc2-c2cc3c(cc21)C1(CCCC1)c1ccccc1-3. The highest BCUT2D eigenvalue weighted by Crippen LogP contribution is 2.63. The lowest BCUT2D eigenvalue weighted by Crippen LogP contribution is -2.48. The third-order valence-corrected chi connectivity index (χ3v) is 17.9. The second-order valence-electron chi connectivity index (χ2n) is 21.1. The standard InChI is InChI=1S/C55H57N/c1-53(2)50-28-43(19-20-45(50)47-29-48-44-7-3-4-8-49(44)55(21-5-6-22-55)52(48)30-51(47)53)56(41-15-11-38(12-16-41)46-27-34-9-10-39(46)26-34)42-17-13-40(14-18-42)54-31-35-23-36(32-54)25-37(24-35)33-54/h3-4,7-8,11-20,28-30,34-37,39,46H,5-6,9-10,21-27,31-33H2,1-2H3. The molecule has 5 aromatic carbocycles. The van der Waals surface area contributed by atoms with Crippen molar-refractivity contribution in [3.05, 3.63) is 137 Å². The molecule has 1 spiro atoms. The maximum absolute atomic E-state index is 2.67. The minimum absolute atomic E-state index is 0.0794. The van der Waals surface area contributed by atoms with Gasteiger partial charge in [0.05, 0.1) is 0 Å². The highest BCUT2D eigenvalue weighted by molar-refractivity contribution is 5.92. The number of fused-ring (bicyclic) bond motifs is 10. The van der Waals surface area contributed by atoms with Gasteiger partial charge in [0, 0.05) is 27.9 Å². The molecule has 3 unspecified atom stereocenters. The average Bonchev–Trinajstić information content (AvgIpc) is 4.06. The van der Waals surface area contributed by atoms with Gasteiger partial charge in [-0.2, -0.15) is 0 Å². The van der Waals surface area contributed by atoms with E-state index in [9.17, 15) is 0 Å². The lowest BCUT2D eigenvalue weighted by Gasteiger charge is -2.57. The third kappa shape index (κ3) is 4.50. The molecule has 5 aromatic rings. The fraction of sp³-hybridized carbons (Fsp3) is 0.455. The Bertz CT molecular complexity index is 2370. The summed E-state index contributed by atoms with van der Waals surface area (Å²) >= 11 is 0. The summed E-state index contributed by atoms with van der Waals surface area (Å²) in [4.78, 5) is 2.58. The van der Waals surface area contributed by atoms with Crippen LogP contribution in [0.2, 0.25) is 0 Å². The van der Waals surface area contributed by atoms with Gasteiger partial charge < -0.3 is 4.90 Å². The first kappa shape index (κ1) is 32.9. The molecule has 9 aliphatic carbocycles. The van der Waals surface area contributed by atoms with Crippen molar-refractivity contribution in [3.8, 4) is 22.3 Å². The van der Waals surface area contributed by atoms with Crippen LogP contribution < -0.4 is 4.90 Å². The first-order valence-corrected chi connectivity index (χ1v) is 22.8. The first-order chi connectivity index (χ1) is 27.4. The van der Waals surface area contributed by atoms with E-state index in [4.69, 9.17) is 0 Å². The maximum Gasteiger partial charge on any atom is 0.0465 e. The smallest absolute Gasteiger partial charge is 0.0465 e. The molecule has 0 aromatic heterocycles. The molecule has 7 saturated carbocycles. The highest BCUT2D eigenvalue weighted by Gasteiger charge is 2.52. The Morgan fingerprint density at radius 2 is 1.12 bits per heavy atom. The molecule has 282 valence electrons. The quantitative estimate of drug-likeness (QED) is 0.174. The zero-order valence-electron chi connectivity index (χ0n) is 33.6. The summed E-state index contributed by atoms with van der Waals surface area (Å²) in [5.41, 5.74) is 19.6. The summed E-state index contributed by atoms with van der Waals surface area (Å²) in [6, 6.07) is 42.0. The zero-order chi connectivity index (χ0) is 37.0. The van der Waals surface area contributed by atoms with Crippen molar-refractivity contribution in [2.75, 3.05) is 4.90 Å². The average molecular weight is 732 g/mol. The van der Waals surface area contributed by atoms with E-state index in [2.05, 4.69) is 122 Å². The van der Waals surface area contributed by atoms with Crippen molar-refractivity contribution in [2.45, 2.75) is 126 Å². The number of hydrogen-bond donors (Lipinski definition) is 0. The number of rotatable bonds is 5. The van der Waals surface area contributed by atoms with Crippen LogP contribution in [-0.2, 0) is 16.2 Å². The molecule has 3 atom stereocenters. The van der Waals surface area contributed by atoms with Crippen LogP contribution in [0.4, 0.5) is 17.1 Å². The molecule has 56 heavy (non-hydrogen) atoms. The minimum atomic E-state index is -0.0794. The van der Waals surface area contributed by atoms with Crippen molar-refractivity contribution in [2.24, 2.45) is 29.6 Å². The zero-order valence-corrected chi connectivity index (χ0v) is 33.6. The Balaban J connectivity index is 0.910. The van der Waals surface area contributed by atoms with Crippen molar-refractivity contribution in [1.29, 1.82) is 0 Å². The fourth-order valence-corrected chi connectivity index (χ4v) is 15.7. The molecular weight excluding hydrogens is 675 g/mol. The summed E-state index contributed by atoms with van der Waals surface area (Å²) in [7, 11) is 0. The van der Waals surface area contributed by atoms with Crippen LogP contribution in [0.15, 0.2) is 103 Å². The molecule has 0 heterocycles. The van der Waals surface area contributed by atoms with E-state index in [-0.39, 0.29) is 10.8 Å². The summed E-state index contributed by atoms with van der Waals surface area (Å²) < 4.78 is 0. The minimum Gasteiger partial charge on any atom is -0.310 e. The molecule has 0 saturated heterocycles. The van der Waals surface area contributed by atoms with E-state index < -0.39 is 0 Å². The van der Waals surface area contributed by atoms with E-state index in [1.165, 1.54) is 140 Å². The Labute approximate surface area is 334 Å². The van der Waals surface area contributed by atoms with Gasteiger partial charge >= 0.3 is 0 Å². The van der Waals surface area contributed by atoms with E-state index in [0.29, 0.717) is 5.41 Å². The lowest BCUT2D eigenvalue weighted by molar-refractivity contribution is -0.00518. The first-order valence-electron chi connectivity index (χ1n) is 22.8. The number of hydrogen-bond acceptors (Lipinski definition) is 1. The van der Waals surface area contributed by atoms with Crippen LogP contribution in [0.25, 0.3) is 22.3 Å². The highest BCUT2D eigenvalue weighted by atomic mass is 15.1. The van der Waals surface area contributed by atoms with Gasteiger partial charge in [0.15, 0.2) is 0 Å². The van der Waals surface area contributed by atoms with E-state index in [1.54, 1.807) is 22.3 Å². The van der Waals surface area contributed by atoms with Crippen molar-refractivity contribution < 1.29 is 0 Å². The van der Waals surface area contributed by atoms with Crippen LogP contribution in [-0.4, -0.2) is 0 Å². The molecule has 1 heteroatoms. The van der Waals surface area contributed by atoms with Crippen molar-refractivity contribution in [1.82, 2.24) is 0 Å². The van der Waals surface area contributed by atoms with Crippen LogP contribution in [0.5, 0.6) is 0 Å². The van der Waals surface area contributed by atoms with Gasteiger partial charge in [-0.15, -0.1) is 0 Å². The van der Waals surface area contributed by atoms with Crippen LogP contribution in [0, 0.1) is 29.6 Å². The largest absolute Gasteiger partial charge is 0.310 e. The summed E-state index contributed by atoms with van der Waals surface area (Å²) in [6.07, 6.45) is 19.7. The second kappa shape index (κ2) is 11.5. The lowest BCUT2D eigenvalue weighted by atomic mass is 9.48. The van der Waals surface area contributed by atoms with Gasteiger partial charge in [-0.25, -0.2) is 0 Å². The van der Waals surface area contributed by atoms with E-state index >= 15 is 0 Å². The Kier molecular flexibility index (Phi) is 6.77. The van der Waals surface area contributed by atoms with E-state index in [1.807, 2.05) is 0 Å². The molecule has 6 bridgehead atoms. The molecule has 0 aliphatic heterocycles. The van der Waals surface area contributed by atoms with Gasteiger partial charge in [-0.05, 0) is 210 Å². The summed E-state index contributed by atoms with van der Waals surface area (Å²) in [5, 5.41) is 0. The van der Waals surface area contributed by atoms with Gasteiger partial charge in [0.1, 0.15) is 0 Å². The normalized spacial score (nSPS) is 31.5. The molecule has 0 radical (unpaired) electrons. The van der Waals surface area contributed by atoms with Crippen LogP contribution in [0.1, 0.15) is 143 Å². The summed E-state index contributed by atoms with van der Waals surface area (Å²) in [6.45, 7) is 4.98. The van der Waals surface area contributed by atoms with Crippen molar-refractivity contribution >= 4 is 17.1 Å². The van der Waals surface area contributed by atoms with Crippen LogP contribution in [0.3, 0.4) is 0 Å². The Hall–Kier alpha value is -4.10. The topological polar surface area (TPSA) is 3.24 Å². The van der Waals surface area contributed by atoms with Gasteiger partial charge in [0.2, 0.25) is 0 Å². The number of anilines is 3. The van der Waals surface area contributed by atoms with E-state index in [0.717, 1.165) is 35.5 Å². The predicted octanol–water partition coefficient (Wildman–Crippen LogP) is 14.7. The third-order valence-electron chi connectivity index (χ3n) is 17.9. The molecule has 0 amide bonds. The summed E-state index contributed by atoms with van der Waals surface area (Å²) in [5.74, 6) is 5.51. The molecule has 14 rings (SSSR count). The van der Waals surface area contributed by atoms with Crippen molar-refractivity contribution in [3.63, 3.8) is 0 Å². The Morgan fingerprint density at radius 3 is 1.80 bits per heavy atom. The van der Waals surface area contributed by atoms with Gasteiger partial charge in [-0.3, -0.25) is 0 Å². The predicted molar refractivity (Wildman–Crippen MR) is 231 cm³/mol. The fourth-order valence-electron chi connectivity index (χ4n) is 15.7. The van der Waals surface area contributed by atoms with Crippen LogP contribution >= 0.6 is 0 Å². The maximum atomic E-state index is 2.67.